The summed E-state index contributed by atoms with van der Waals surface area (Å²) in [5.74, 6) is -1.14. The molecule has 0 aromatic heterocycles. The Morgan fingerprint density at radius 1 is 1.45 bits per heavy atom. The number of carbonyl (C=O) groups excluding carboxylic acids is 1. The molecule has 0 bridgehead atoms. The van der Waals surface area contributed by atoms with Crippen LogP contribution in [0.3, 0.4) is 0 Å². The van der Waals surface area contributed by atoms with Crippen molar-refractivity contribution in [2.24, 2.45) is 0 Å². The van der Waals surface area contributed by atoms with Crippen LogP contribution in [0, 0.1) is 11.3 Å². The molecule has 1 aliphatic rings. The number of rotatable bonds is 5. The van der Waals surface area contributed by atoms with Crippen molar-refractivity contribution in [3.63, 3.8) is 0 Å². The third kappa shape index (κ3) is 3.72. The van der Waals surface area contributed by atoms with Crippen molar-refractivity contribution in [2.75, 3.05) is 6.54 Å². The standard InChI is InChI=1S/C15H12N2O3S2/c16-9-11-5-2-1-4-10(11)8-12-14(20)17(15(21)22-12)7-3-6-13(18)19/h1-2,4-5,8H,3,6-7H2,(H,18,19)/b12-8+. The molecular weight excluding hydrogens is 320 g/mol. The van der Waals surface area contributed by atoms with Gasteiger partial charge in [0, 0.05) is 13.0 Å². The number of nitrogens with zero attached hydrogens (tertiary/aromatic N) is 2. The number of carboxylic acids is 1. The summed E-state index contributed by atoms with van der Waals surface area (Å²) in [6.07, 6.45) is 1.99. The van der Waals surface area contributed by atoms with E-state index in [4.69, 9.17) is 22.6 Å². The molecule has 2 rings (SSSR count). The van der Waals surface area contributed by atoms with Gasteiger partial charge in [-0.25, -0.2) is 0 Å². The van der Waals surface area contributed by atoms with Gasteiger partial charge in [-0.2, -0.15) is 5.26 Å². The Morgan fingerprint density at radius 3 is 2.86 bits per heavy atom. The number of carboxylic acid groups (broad SMARTS) is 1. The maximum absolute atomic E-state index is 12.3. The summed E-state index contributed by atoms with van der Waals surface area (Å²) >= 11 is 6.33. The largest absolute Gasteiger partial charge is 0.481 e. The predicted octanol–water partition coefficient (Wildman–Crippen LogP) is 2.62. The molecule has 5 nitrogen and oxygen atoms in total. The molecule has 22 heavy (non-hydrogen) atoms. The van der Waals surface area contributed by atoms with Crippen LogP contribution in [0.1, 0.15) is 24.0 Å². The highest BCUT2D eigenvalue weighted by Crippen LogP contribution is 2.33. The minimum atomic E-state index is -0.899. The van der Waals surface area contributed by atoms with E-state index in [0.29, 0.717) is 26.8 Å². The fourth-order valence-electron chi connectivity index (χ4n) is 1.95. The van der Waals surface area contributed by atoms with Gasteiger partial charge < -0.3 is 5.11 Å². The van der Waals surface area contributed by atoms with E-state index < -0.39 is 5.97 Å². The summed E-state index contributed by atoms with van der Waals surface area (Å²) in [5.41, 5.74) is 1.15. The Morgan fingerprint density at radius 2 is 2.18 bits per heavy atom. The topological polar surface area (TPSA) is 81.4 Å². The van der Waals surface area contributed by atoms with Crippen molar-refractivity contribution in [3.8, 4) is 6.07 Å². The first kappa shape index (κ1) is 16.2. The van der Waals surface area contributed by atoms with Crippen molar-refractivity contribution in [1.82, 2.24) is 4.90 Å². The van der Waals surface area contributed by atoms with Gasteiger partial charge in [-0.3, -0.25) is 14.5 Å². The van der Waals surface area contributed by atoms with Crippen LogP contribution in [0.15, 0.2) is 29.2 Å². The maximum Gasteiger partial charge on any atom is 0.303 e. The number of hydrogen-bond donors (Lipinski definition) is 1. The van der Waals surface area contributed by atoms with Gasteiger partial charge in [0.05, 0.1) is 16.5 Å². The molecule has 0 spiro atoms. The zero-order valence-corrected chi connectivity index (χ0v) is 13.1. The van der Waals surface area contributed by atoms with Gasteiger partial charge in [-0.05, 0) is 24.1 Å². The zero-order chi connectivity index (χ0) is 16.1. The molecule has 1 aromatic rings. The lowest BCUT2D eigenvalue weighted by Gasteiger charge is -2.13. The summed E-state index contributed by atoms with van der Waals surface area (Å²) in [7, 11) is 0. The van der Waals surface area contributed by atoms with Crippen LogP contribution in [-0.2, 0) is 9.59 Å². The second kappa shape index (κ2) is 7.20. The van der Waals surface area contributed by atoms with Gasteiger partial charge in [0.25, 0.3) is 5.91 Å². The van der Waals surface area contributed by atoms with Crippen LogP contribution in [0.25, 0.3) is 6.08 Å². The molecule has 1 amide bonds. The second-order valence-corrected chi connectivity index (χ2v) is 6.21. The van der Waals surface area contributed by atoms with E-state index in [1.807, 2.05) is 0 Å². The lowest BCUT2D eigenvalue weighted by atomic mass is 10.1. The fraction of sp³-hybridized carbons (Fsp3) is 0.200. The van der Waals surface area contributed by atoms with E-state index >= 15 is 0 Å². The van der Waals surface area contributed by atoms with Gasteiger partial charge >= 0.3 is 5.97 Å². The first-order valence-corrected chi connectivity index (χ1v) is 7.71. The van der Waals surface area contributed by atoms with E-state index in [9.17, 15) is 9.59 Å². The number of aliphatic carboxylic acids is 1. The average molecular weight is 332 g/mol. The van der Waals surface area contributed by atoms with Crippen molar-refractivity contribution >= 4 is 46.3 Å². The summed E-state index contributed by atoms with van der Waals surface area (Å²) in [6, 6.07) is 9.07. The minimum absolute atomic E-state index is 0.00657. The van der Waals surface area contributed by atoms with Crippen LogP contribution in [0.5, 0.6) is 0 Å². The molecule has 7 heteroatoms. The molecule has 1 aliphatic heterocycles. The zero-order valence-electron chi connectivity index (χ0n) is 11.5. The molecule has 112 valence electrons. The molecule has 1 N–H and O–H groups in total. The van der Waals surface area contributed by atoms with E-state index in [-0.39, 0.29) is 18.9 Å². The molecule has 1 heterocycles. The summed E-state index contributed by atoms with van der Waals surface area (Å²) in [5, 5.41) is 17.7. The number of thiocarbonyl (C=S) groups is 1. The van der Waals surface area contributed by atoms with Crippen molar-refractivity contribution in [3.05, 3.63) is 40.3 Å². The van der Waals surface area contributed by atoms with Crippen molar-refractivity contribution in [2.45, 2.75) is 12.8 Å². The van der Waals surface area contributed by atoms with Gasteiger partial charge in [0.2, 0.25) is 0 Å². The third-order valence-corrected chi connectivity index (χ3v) is 4.39. The van der Waals surface area contributed by atoms with Gasteiger partial charge in [0.1, 0.15) is 4.32 Å². The normalized spacial score (nSPS) is 16.1. The van der Waals surface area contributed by atoms with Crippen LogP contribution in [0.4, 0.5) is 0 Å². The number of hydrogen-bond acceptors (Lipinski definition) is 5. The van der Waals surface area contributed by atoms with E-state index in [1.54, 1.807) is 30.3 Å². The first-order valence-electron chi connectivity index (χ1n) is 6.49. The fourth-order valence-corrected chi connectivity index (χ4v) is 3.25. The van der Waals surface area contributed by atoms with Gasteiger partial charge in [-0.15, -0.1) is 0 Å². The maximum atomic E-state index is 12.3. The second-order valence-electron chi connectivity index (χ2n) is 4.53. The Balaban J connectivity index is 2.16. The SMILES string of the molecule is N#Cc1ccccc1/C=C1/SC(=S)N(CCCC(=O)O)C1=O. The molecule has 0 unspecified atom stereocenters. The van der Waals surface area contributed by atoms with Crippen LogP contribution < -0.4 is 0 Å². The Kier molecular flexibility index (Phi) is 5.31. The van der Waals surface area contributed by atoms with Gasteiger partial charge in [-0.1, -0.05) is 42.2 Å². The molecule has 0 atom stereocenters. The Hall–Kier alpha value is -2.17. The van der Waals surface area contributed by atoms with Crippen LogP contribution >= 0.6 is 24.0 Å². The number of amides is 1. The highest BCUT2D eigenvalue weighted by Gasteiger charge is 2.31. The van der Waals surface area contributed by atoms with Crippen molar-refractivity contribution < 1.29 is 14.7 Å². The van der Waals surface area contributed by atoms with E-state index in [0.717, 1.165) is 0 Å². The number of benzene rings is 1. The Bertz CT molecular complexity index is 707. The molecule has 0 aliphatic carbocycles. The molecule has 1 aromatic carbocycles. The highest BCUT2D eigenvalue weighted by molar-refractivity contribution is 8.26. The quantitative estimate of drug-likeness (QED) is 0.659. The molecule has 0 radical (unpaired) electrons. The summed E-state index contributed by atoms with van der Waals surface area (Å²) < 4.78 is 0.413. The molecular formula is C15H12N2O3S2. The third-order valence-electron chi connectivity index (χ3n) is 3.01. The van der Waals surface area contributed by atoms with Gasteiger partial charge in [0.15, 0.2) is 0 Å². The number of carbonyl (C=O) groups is 2. The number of thioether (sulfide) groups is 1. The molecule has 1 fully saturated rings. The highest BCUT2D eigenvalue weighted by atomic mass is 32.2. The van der Waals surface area contributed by atoms with E-state index in [1.165, 1.54) is 16.7 Å². The summed E-state index contributed by atoms with van der Waals surface area (Å²) in [6.45, 7) is 0.286. The number of nitriles is 1. The average Bonchev–Trinajstić information content (AvgIpc) is 2.75. The first-order chi connectivity index (χ1) is 10.5. The van der Waals surface area contributed by atoms with Crippen molar-refractivity contribution in [1.29, 1.82) is 5.26 Å². The minimum Gasteiger partial charge on any atom is -0.481 e. The van der Waals surface area contributed by atoms with Crippen LogP contribution in [-0.4, -0.2) is 32.7 Å². The smallest absolute Gasteiger partial charge is 0.303 e. The lowest BCUT2D eigenvalue weighted by molar-refractivity contribution is -0.137. The monoisotopic (exact) mass is 332 g/mol. The lowest BCUT2D eigenvalue weighted by Crippen LogP contribution is -2.29. The predicted molar refractivity (Wildman–Crippen MR) is 87.9 cm³/mol. The van der Waals surface area contributed by atoms with E-state index in [2.05, 4.69) is 6.07 Å². The van der Waals surface area contributed by atoms with Crippen LogP contribution in [0.2, 0.25) is 0 Å². The molecule has 0 saturated carbocycles. The molecule has 1 saturated heterocycles. The Labute approximate surface area is 137 Å². The summed E-state index contributed by atoms with van der Waals surface area (Å²) in [4.78, 5) is 24.7.